The van der Waals surface area contributed by atoms with Crippen LogP contribution in [-0.2, 0) is 16.1 Å². The van der Waals surface area contributed by atoms with Gasteiger partial charge in [0.15, 0.2) is 6.29 Å². The number of aromatic nitrogens is 1. The van der Waals surface area contributed by atoms with Crippen molar-refractivity contribution in [2.45, 2.75) is 65.1 Å². The fourth-order valence-electron chi connectivity index (χ4n) is 2.22. The summed E-state index contributed by atoms with van der Waals surface area (Å²) in [6, 6.07) is 0. The van der Waals surface area contributed by atoms with Crippen LogP contribution in [0, 0.1) is 6.92 Å². The minimum Gasteiger partial charge on any atom is -0.542 e. The Morgan fingerprint density at radius 2 is 1.91 bits per heavy atom. The van der Waals surface area contributed by atoms with Crippen LogP contribution in [-0.4, -0.2) is 31.6 Å². The number of rotatable bonds is 4. The molecule has 130 valence electrons. The highest BCUT2D eigenvalue weighted by Gasteiger charge is 2.40. The zero-order valence-corrected chi connectivity index (χ0v) is 16.1. The maximum atomic E-state index is 9.73. The van der Waals surface area contributed by atoms with E-state index in [0.717, 1.165) is 23.4 Å². The molecule has 0 bridgehead atoms. The number of ether oxygens (including phenoxy) is 2. The van der Waals surface area contributed by atoms with Gasteiger partial charge in [-0.25, -0.2) is 0 Å². The molecule has 2 heterocycles. The van der Waals surface area contributed by atoms with E-state index in [1.165, 1.54) is 0 Å². The molecule has 1 aliphatic rings. The summed E-state index contributed by atoms with van der Waals surface area (Å²) < 4.78 is 18.1. The van der Waals surface area contributed by atoms with Crippen LogP contribution in [0.2, 0.25) is 18.1 Å². The number of hydrogen-bond donors (Lipinski definition) is 1. The van der Waals surface area contributed by atoms with Gasteiger partial charge in [0.25, 0.3) is 8.32 Å². The van der Waals surface area contributed by atoms with Gasteiger partial charge in [0.2, 0.25) is 0 Å². The fraction of sp³-hybridized carbons (Fsp3) is 0.706. The molecule has 0 unspecified atom stereocenters. The quantitative estimate of drug-likeness (QED) is 0.848. The third-order valence-electron chi connectivity index (χ3n) is 4.73. The van der Waals surface area contributed by atoms with Gasteiger partial charge in [0, 0.05) is 11.8 Å². The van der Waals surface area contributed by atoms with Crippen molar-refractivity contribution in [3.05, 3.63) is 23.0 Å². The lowest BCUT2D eigenvalue weighted by atomic mass is 10.1. The molecule has 0 amide bonds. The van der Waals surface area contributed by atoms with Gasteiger partial charge in [-0.15, -0.1) is 0 Å². The monoisotopic (exact) mass is 339 g/mol. The molecule has 1 saturated heterocycles. The van der Waals surface area contributed by atoms with Gasteiger partial charge in [-0.05, 0) is 31.5 Å². The molecule has 0 aromatic carbocycles. The summed E-state index contributed by atoms with van der Waals surface area (Å²) in [5, 5.41) is 9.80. The Morgan fingerprint density at radius 3 is 2.43 bits per heavy atom. The minimum atomic E-state index is -2.04. The molecule has 0 radical (unpaired) electrons. The molecular formula is C17H29NO4Si. The number of aryl methyl sites for hydroxylation is 1. The average molecular weight is 340 g/mol. The van der Waals surface area contributed by atoms with E-state index >= 15 is 0 Å². The third-order valence-corrected chi connectivity index (χ3v) is 9.06. The van der Waals surface area contributed by atoms with Crippen molar-refractivity contribution >= 4 is 8.32 Å². The third kappa shape index (κ3) is 3.94. The minimum absolute atomic E-state index is 0.0697. The summed E-state index contributed by atoms with van der Waals surface area (Å²) in [6.45, 7) is 14.1. The van der Waals surface area contributed by atoms with E-state index in [0.29, 0.717) is 18.8 Å². The van der Waals surface area contributed by atoms with Crippen molar-refractivity contribution in [1.29, 1.82) is 0 Å². The molecular weight excluding hydrogens is 310 g/mol. The molecule has 1 N–H and O–H groups in total. The highest BCUT2D eigenvalue weighted by molar-refractivity contribution is 6.74. The Labute approximate surface area is 140 Å². The van der Waals surface area contributed by atoms with Crippen molar-refractivity contribution in [1.82, 2.24) is 4.98 Å². The van der Waals surface area contributed by atoms with Crippen LogP contribution in [0.15, 0.2) is 6.20 Å². The molecule has 6 heteroatoms. The van der Waals surface area contributed by atoms with E-state index in [1.54, 1.807) is 6.20 Å². The number of nitrogens with zero attached hydrogens (tertiary/aromatic N) is 1. The molecule has 5 nitrogen and oxygen atoms in total. The largest absolute Gasteiger partial charge is 0.542 e. The van der Waals surface area contributed by atoms with Gasteiger partial charge in [-0.2, -0.15) is 0 Å². The summed E-state index contributed by atoms with van der Waals surface area (Å²) >= 11 is 0. The first-order valence-corrected chi connectivity index (χ1v) is 11.1. The second-order valence-electron chi connectivity index (χ2n) is 7.56. The van der Waals surface area contributed by atoms with E-state index in [9.17, 15) is 5.11 Å². The SMILES string of the molecule is Cc1ncc(CO)c(C2OCCCO2)c1O[Si](C)(C)C(C)(C)C. The Hall–Kier alpha value is -0.953. The Bertz CT molecular complexity index is 548. The van der Waals surface area contributed by atoms with Crippen molar-refractivity contribution in [2.24, 2.45) is 0 Å². The van der Waals surface area contributed by atoms with Crippen molar-refractivity contribution < 1.29 is 19.0 Å². The Balaban J connectivity index is 2.48. The van der Waals surface area contributed by atoms with Gasteiger partial charge < -0.3 is 19.0 Å². The predicted octanol–water partition coefficient (Wildman–Crippen LogP) is 3.70. The highest BCUT2D eigenvalue weighted by Crippen LogP contribution is 2.42. The molecule has 0 saturated carbocycles. The number of hydrogen-bond acceptors (Lipinski definition) is 5. The topological polar surface area (TPSA) is 60.8 Å². The second kappa shape index (κ2) is 6.89. The predicted molar refractivity (Wildman–Crippen MR) is 92.0 cm³/mol. The second-order valence-corrected chi connectivity index (χ2v) is 12.3. The van der Waals surface area contributed by atoms with Gasteiger partial charge in [-0.3, -0.25) is 4.98 Å². The van der Waals surface area contributed by atoms with Crippen molar-refractivity contribution in [3.8, 4) is 5.75 Å². The molecule has 23 heavy (non-hydrogen) atoms. The first kappa shape index (κ1) is 18.4. The van der Waals surface area contributed by atoms with Crippen LogP contribution >= 0.6 is 0 Å². The summed E-state index contributed by atoms with van der Waals surface area (Å²) in [4.78, 5) is 4.40. The molecule has 1 fully saturated rings. The van der Waals surface area contributed by atoms with Crippen molar-refractivity contribution in [2.75, 3.05) is 13.2 Å². The van der Waals surface area contributed by atoms with Crippen LogP contribution in [0.5, 0.6) is 5.75 Å². The molecule has 2 rings (SSSR count). The highest BCUT2D eigenvalue weighted by atomic mass is 28.4. The van der Waals surface area contributed by atoms with Gasteiger partial charge >= 0.3 is 0 Å². The Morgan fingerprint density at radius 1 is 1.30 bits per heavy atom. The zero-order chi connectivity index (χ0) is 17.3. The van der Waals surface area contributed by atoms with E-state index in [4.69, 9.17) is 13.9 Å². The standard InChI is InChI=1S/C17H29NO4Si/c1-12-15(22-23(5,6)17(2,3)4)14(13(11-19)10-18-12)16-20-8-7-9-21-16/h10,16,19H,7-9,11H2,1-6H3. The summed E-state index contributed by atoms with van der Waals surface area (Å²) in [5.74, 6) is 0.718. The maximum Gasteiger partial charge on any atom is 0.250 e. The van der Waals surface area contributed by atoms with Crippen LogP contribution in [0.25, 0.3) is 0 Å². The van der Waals surface area contributed by atoms with E-state index in [2.05, 4.69) is 38.8 Å². The van der Waals surface area contributed by atoms with Gasteiger partial charge in [0.1, 0.15) is 5.75 Å². The molecule has 1 aromatic heterocycles. The van der Waals surface area contributed by atoms with Gasteiger partial charge in [-0.1, -0.05) is 20.8 Å². The normalized spacial score (nSPS) is 17.3. The molecule has 1 aliphatic heterocycles. The van der Waals surface area contributed by atoms with Crippen molar-refractivity contribution in [3.63, 3.8) is 0 Å². The van der Waals surface area contributed by atoms with Crippen LogP contribution in [0.1, 0.15) is 50.3 Å². The van der Waals surface area contributed by atoms with E-state index < -0.39 is 14.6 Å². The molecule has 0 spiro atoms. The first-order valence-electron chi connectivity index (χ1n) is 8.19. The number of pyridine rings is 1. The smallest absolute Gasteiger partial charge is 0.250 e. The fourth-order valence-corrected chi connectivity index (χ4v) is 3.29. The molecule has 0 atom stereocenters. The van der Waals surface area contributed by atoms with E-state index in [1.807, 2.05) is 6.92 Å². The summed E-state index contributed by atoms with van der Waals surface area (Å²) in [6.07, 6.45) is 2.07. The lowest BCUT2D eigenvalue weighted by molar-refractivity contribution is -0.184. The summed E-state index contributed by atoms with van der Waals surface area (Å²) in [7, 11) is -2.04. The lowest BCUT2D eigenvalue weighted by Crippen LogP contribution is -2.44. The van der Waals surface area contributed by atoms with E-state index in [-0.39, 0.29) is 11.6 Å². The Kier molecular flexibility index (Phi) is 5.50. The number of aliphatic hydroxyl groups excluding tert-OH is 1. The zero-order valence-electron chi connectivity index (χ0n) is 15.1. The lowest BCUT2D eigenvalue weighted by Gasteiger charge is -2.38. The average Bonchev–Trinajstić information content (AvgIpc) is 2.48. The summed E-state index contributed by atoms with van der Waals surface area (Å²) in [5.41, 5.74) is 2.31. The maximum absolute atomic E-state index is 9.73. The first-order chi connectivity index (χ1) is 10.7. The van der Waals surface area contributed by atoms with Crippen LogP contribution in [0.3, 0.4) is 0 Å². The van der Waals surface area contributed by atoms with Gasteiger partial charge in [0.05, 0.1) is 31.1 Å². The molecule has 0 aliphatic carbocycles. The molecule has 1 aromatic rings. The van der Waals surface area contributed by atoms with Crippen LogP contribution < -0.4 is 4.43 Å². The van der Waals surface area contributed by atoms with Crippen LogP contribution in [0.4, 0.5) is 0 Å². The number of aliphatic hydroxyl groups is 1.